The van der Waals surface area contributed by atoms with Crippen molar-refractivity contribution in [3.8, 4) is 22.3 Å². The summed E-state index contributed by atoms with van der Waals surface area (Å²) in [5, 5.41) is 19.2. The van der Waals surface area contributed by atoms with Gasteiger partial charge in [-0.1, -0.05) is 177 Å². The van der Waals surface area contributed by atoms with Crippen LogP contribution in [-0.4, -0.2) is 26.2 Å². The molecular weight excluding hydrogens is 1010 g/mol. The number of fused-ring (bicyclic) bond motifs is 18. The van der Waals surface area contributed by atoms with Gasteiger partial charge in [0, 0.05) is 26.7 Å². The van der Waals surface area contributed by atoms with Crippen molar-refractivity contribution in [2.24, 2.45) is 0 Å². The van der Waals surface area contributed by atoms with Crippen LogP contribution >= 0.6 is 15.9 Å². The molecule has 14 rings (SSSR count). The number of benzene rings is 12. The van der Waals surface area contributed by atoms with Gasteiger partial charge in [-0.2, -0.15) is 0 Å². The summed E-state index contributed by atoms with van der Waals surface area (Å²) >= 11 is 3.67. The highest BCUT2D eigenvalue weighted by Gasteiger charge is 2.38. The first-order valence-corrected chi connectivity index (χ1v) is 26.7. The number of halogens is 1. The van der Waals surface area contributed by atoms with Gasteiger partial charge in [0.05, 0.1) is 31.0 Å². The minimum atomic E-state index is -0.400. The fraction of sp³-hybridized carbons (Fsp3) is 0.114. The van der Waals surface area contributed by atoms with Crippen LogP contribution in [0.4, 0.5) is 17.1 Å². The summed E-state index contributed by atoms with van der Waals surface area (Å²) in [7, 11) is 2.74. The molecule has 376 valence electrons. The van der Waals surface area contributed by atoms with Gasteiger partial charge in [-0.25, -0.2) is 9.59 Å². The van der Waals surface area contributed by atoms with E-state index < -0.39 is 5.97 Å². The Labute approximate surface area is 456 Å². The molecule has 0 saturated heterocycles. The predicted molar refractivity (Wildman–Crippen MR) is 324 cm³/mol. The van der Waals surface area contributed by atoms with Crippen LogP contribution in [0.1, 0.15) is 70.7 Å². The lowest BCUT2D eigenvalue weighted by atomic mass is 9.81. The van der Waals surface area contributed by atoms with Crippen LogP contribution in [0.25, 0.3) is 86.9 Å². The number of hydrogen-bond donors (Lipinski definition) is 2. The van der Waals surface area contributed by atoms with Crippen LogP contribution in [0.3, 0.4) is 0 Å². The smallest absolute Gasteiger partial charge is 0.339 e. The first-order valence-electron chi connectivity index (χ1n) is 25.9. The second-order valence-electron chi connectivity index (χ2n) is 21.0. The molecule has 77 heavy (non-hydrogen) atoms. The molecule has 3 N–H and O–H groups in total. The third-order valence-electron chi connectivity index (χ3n) is 16.0. The number of esters is 2. The maximum absolute atomic E-state index is 12.3. The topological polar surface area (TPSA) is 90.7 Å². The number of methoxy groups -OCH3 is 2. The van der Waals surface area contributed by atoms with Crippen molar-refractivity contribution in [1.82, 2.24) is 0 Å². The first-order chi connectivity index (χ1) is 37.3. The maximum Gasteiger partial charge on any atom is 0.339 e. The van der Waals surface area contributed by atoms with Crippen molar-refractivity contribution >= 4 is 110 Å². The Balaban J connectivity index is 0.000000133. The van der Waals surface area contributed by atoms with Crippen LogP contribution in [0, 0.1) is 0 Å². The van der Waals surface area contributed by atoms with E-state index in [0.717, 1.165) is 15.8 Å². The zero-order valence-electron chi connectivity index (χ0n) is 43.7. The Bertz CT molecular complexity index is 4420. The Morgan fingerprint density at radius 1 is 0.390 bits per heavy atom. The number of nitrogen functional groups attached to an aromatic ring is 1. The average molecular weight is 1070 g/mol. The summed E-state index contributed by atoms with van der Waals surface area (Å²) < 4.78 is 10.6. The molecule has 12 aromatic carbocycles. The summed E-state index contributed by atoms with van der Waals surface area (Å²) in [4.78, 5) is 23.2. The molecule has 6 nitrogen and oxygen atoms in total. The number of carbonyl (C=O) groups is 2. The third kappa shape index (κ3) is 8.16. The molecule has 0 amide bonds. The van der Waals surface area contributed by atoms with Gasteiger partial charge in [-0.3, -0.25) is 0 Å². The molecule has 0 unspecified atom stereocenters. The molecule has 12 aromatic rings. The summed E-state index contributed by atoms with van der Waals surface area (Å²) in [5.41, 5.74) is 19.1. The summed E-state index contributed by atoms with van der Waals surface area (Å²) in [5.74, 6) is -0.753. The molecule has 0 bridgehead atoms. The second kappa shape index (κ2) is 19.1. The zero-order valence-corrected chi connectivity index (χ0v) is 45.3. The minimum Gasteiger partial charge on any atom is -0.465 e. The van der Waals surface area contributed by atoms with E-state index in [0.29, 0.717) is 16.8 Å². The average Bonchev–Trinajstić information content (AvgIpc) is 4.09. The van der Waals surface area contributed by atoms with Crippen LogP contribution < -0.4 is 11.1 Å². The fourth-order valence-electron chi connectivity index (χ4n) is 12.1. The van der Waals surface area contributed by atoms with Crippen LogP contribution in [0.2, 0.25) is 0 Å². The standard InChI is InChI=1S/C35H27NO2.C27H19Br.C8H9NO2/c1-35(2)31-18-21(36-33-15-9-8-14-27(33)34(37)38-3)16-17-26(31)30-19-28-24-12-6-4-10-22(24)23-11-5-7-13-25(23)29(28)20-32(30)35;1-27(2)25-13-16(28)11-12-21(25)24-14-22-19-9-5-3-7-17(19)18-8-4-6-10-20(18)23(22)15-26(24)27;1-11-8(10)6-4-2-3-5-7(6)9/h4-20,36H,1-3H3;3-15H,1-2H3;2-5H,9H2,1H3. The quantitative estimate of drug-likeness (QED) is 0.104. The Morgan fingerprint density at radius 2 is 0.740 bits per heavy atom. The lowest BCUT2D eigenvalue weighted by Gasteiger charge is -2.23. The van der Waals surface area contributed by atoms with E-state index in [4.69, 9.17) is 10.5 Å². The molecule has 0 heterocycles. The molecular formula is C70H55BrN2O4. The molecule has 0 radical (unpaired) electrons. The molecule has 0 saturated carbocycles. The normalized spacial score (nSPS) is 13.2. The number of para-hydroxylation sites is 2. The van der Waals surface area contributed by atoms with Gasteiger partial charge in [-0.15, -0.1) is 0 Å². The number of nitrogens with two attached hydrogens (primary N) is 1. The second-order valence-corrected chi connectivity index (χ2v) is 21.9. The van der Waals surface area contributed by atoms with Gasteiger partial charge in [0.15, 0.2) is 0 Å². The largest absolute Gasteiger partial charge is 0.465 e. The van der Waals surface area contributed by atoms with Crippen molar-refractivity contribution in [3.63, 3.8) is 0 Å². The molecule has 0 aliphatic heterocycles. The lowest BCUT2D eigenvalue weighted by Crippen LogP contribution is -2.15. The molecule has 0 aromatic heterocycles. The summed E-state index contributed by atoms with van der Waals surface area (Å²) in [6.45, 7) is 9.30. The Hall–Kier alpha value is -8.78. The zero-order chi connectivity index (χ0) is 53.3. The highest BCUT2D eigenvalue weighted by molar-refractivity contribution is 9.10. The summed E-state index contributed by atoms with van der Waals surface area (Å²) in [6, 6.07) is 72.3. The number of rotatable bonds is 4. The number of carbonyl (C=O) groups excluding carboxylic acids is 2. The first kappa shape index (κ1) is 49.1. The molecule has 2 aliphatic rings. The van der Waals surface area contributed by atoms with E-state index in [1.165, 1.54) is 123 Å². The van der Waals surface area contributed by atoms with E-state index in [1.54, 1.807) is 30.3 Å². The Kier molecular flexibility index (Phi) is 12.2. The van der Waals surface area contributed by atoms with Crippen molar-refractivity contribution in [3.05, 3.63) is 244 Å². The molecule has 0 fully saturated rings. The highest BCUT2D eigenvalue weighted by Crippen LogP contribution is 2.54. The summed E-state index contributed by atoms with van der Waals surface area (Å²) in [6.07, 6.45) is 0. The van der Waals surface area contributed by atoms with Crippen LogP contribution in [0.5, 0.6) is 0 Å². The third-order valence-corrected chi connectivity index (χ3v) is 16.5. The van der Waals surface area contributed by atoms with E-state index in [1.807, 2.05) is 18.2 Å². The van der Waals surface area contributed by atoms with Crippen molar-refractivity contribution < 1.29 is 19.1 Å². The molecule has 7 heteroatoms. The molecule has 2 aliphatic carbocycles. The van der Waals surface area contributed by atoms with Gasteiger partial charge in [0.25, 0.3) is 0 Å². The minimum absolute atomic E-state index is 0.00458. The van der Waals surface area contributed by atoms with E-state index in [9.17, 15) is 9.59 Å². The number of anilines is 3. The lowest BCUT2D eigenvalue weighted by molar-refractivity contribution is 0.0593. The Morgan fingerprint density at radius 3 is 1.19 bits per heavy atom. The van der Waals surface area contributed by atoms with Gasteiger partial charge < -0.3 is 20.5 Å². The van der Waals surface area contributed by atoms with Crippen molar-refractivity contribution in [2.75, 3.05) is 25.3 Å². The van der Waals surface area contributed by atoms with Gasteiger partial charge in [0.1, 0.15) is 0 Å². The highest BCUT2D eigenvalue weighted by atomic mass is 79.9. The van der Waals surface area contributed by atoms with Gasteiger partial charge in [0.2, 0.25) is 0 Å². The SMILES string of the molecule is CC1(C)c2cc(Br)ccc2-c2cc3c4ccccc4c4ccccc4c3cc21.COC(=O)c1ccccc1N.COC(=O)c1ccccc1Nc1ccc2c(c1)C(C)(C)c1cc3c4ccccc4c4ccccc4c3cc1-2. The van der Waals surface area contributed by atoms with E-state index in [2.05, 4.69) is 211 Å². The number of nitrogens with one attached hydrogen (secondary N) is 1. The van der Waals surface area contributed by atoms with Crippen molar-refractivity contribution in [2.45, 2.75) is 38.5 Å². The molecule has 0 atom stereocenters. The van der Waals surface area contributed by atoms with Crippen LogP contribution in [-0.2, 0) is 20.3 Å². The van der Waals surface area contributed by atoms with Gasteiger partial charge in [-0.05, 0) is 182 Å². The van der Waals surface area contributed by atoms with Gasteiger partial charge >= 0.3 is 11.9 Å². The number of ether oxygens (including phenoxy) is 2. The monoisotopic (exact) mass is 1070 g/mol. The van der Waals surface area contributed by atoms with E-state index >= 15 is 0 Å². The maximum atomic E-state index is 12.3. The van der Waals surface area contributed by atoms with E-state index in [-0.39, 0.29) is 16.8 Å². The van der Waals surface area contributed by atoms with Crippen LogP contribution in [0.15, 0.2) is 211 Å². The number of hydrogen-bond acceptors (Lipinski definition) is 6. The van der Waals surface area contributed by atoms with Crippen molar-refractivity contribution in [1.29, 1.82) is 0 Å². The fourth-order valence-corrected chi connectivity index (χ4v) is 12.5. The predicted octanol–water partition coefficient (Wildman–Crippen LogP) is 18.3. The molecule has 0 spiro atoms.